The average Bonchev–Trinajstić information content (AvgIpc) is 2.81. The fourth-order valence-electron chi connectivity index (χ4n) is 2.49. The Kier molecular flexibility index (Phi) is 5.19. The second-order valence-electron chi connectivity index (χ2n) is 4.93. The highest BCUT2D eigenvalue weighted by Gasteiger charge is 2.46. The fraction of sp³-hybridized carbons (Fsp3) is 0.417. The SMILES string of the molecule is NOP(=O)(O)c1c(C(=O)O)cccc1C1O[C@H](CO)[C@@H](O)[C@H]1O. The van der Waals surface area contributed by atoms with Crippen molar-refractivity contribution in [3.8, 4) is 0 Å². The minimum absolute atomic E-state index is 0.177. The molecule has 10 nitrogen and oxygen atoms in total. The molecule has 0 aliphatic carbocycles. The molecule has 0 radical (unpaired) electrons. The first kappa shape index (κ1) is 18.0. The minimum atomic E-state index is -4.72. The summed E-state index contributed by atoms with van der Waals surface area (Å²) < 4.78 is 21.4. The van der Waals surface area contributed by atoms with E-state index in [-0.39, 0.29) is 5.56 Å². The molecule has 1 aromatic rings. The van der Waals surface area contributed by atoms with Gasteiger partial charge in [-0.2, -0.15) is 0 Å². The molecule has 1 heterocycles. The maximum atomic E-state index is 12.1. The van der Waals surface area contributed by atoms with E-state index in [0.29, 0.717) is 0 Å². The molecular formula is C12H16NO9P. The molecule has 0 amide bonds. The van der Waals surface area contributed by atoms with Gasteiger partial charge in [-0.25, -0.2) is 15.3 Å². The van der Waals surface area contributed by atoms with Crippen LogP contribution in [0.15, 0.2) is 18.2 Å². The van der Waals surface area contributed by atoms with Crippen molar-refractivity contribution in [2.45, 2.75) is 24.4 Å². The number of hydrogen-bond acceptors (Lipinski definition) is 8. The van der Waals surface area contributed by atoms with Gasteiger partial charge in [0.2, 0.25) is 0 Å². The van der Waals surface area contributed by atoms with Crippen LogP contribution in [-0.2, 0) is 13.9 Å². The van der Waals surface area contributed by atoms with Gasteiger partial charge in [-0.3, -0.25) is 4.57 Å². The lowest BCUT2D eigenvalue weighted by Crippen LogP contribution is -2.33. The van der Waals surface area contributed by atoms with Gasteiger partial charge in [-0.1, -0.05) is 12.1 Å². The third-order valence-corrected chi connectivity index (χ3v) is 4.92. The number of benzene rings is 1. The van der Waals surface area contributed by atoms with Crippen LogP contribution in [0.4, 0.5) is 0 Å². The summed E-state index contributed by atoms with van der Waals surface area (Å²) in [6, 6.07) is 3.57. The van der Waals surface area contributed by atoms with Gasteiger partial charge in [0, 0.05) is 0 Å². The molecule has 1 saturated heterocycles. The van der Waals surface area contributed by atoms with E-state index in [9.17, 15) is 29.6 Å². The highest BCUT2D eigenvalue weighted by molar-refractivity contribution is 7.61. The van der Waals surface area contributed by atoms with E-state index in [1.165, 1.54) is 12.1 Å². The lowest BCUT2D eigenvalue weighted by atomic mass is 9.99. The lowest BCUT2D eigenvalue weighted by Gasteiger charge is -2.21. The Hall–Kier alpha value is -1.36. The highest BCUT2D eigenvalue weighted by atomic mass is 31.2. The predicted molar refractivity (Wildman–Crippen MR) is 74.8 cm³/mol. The molecule has 2 rings (SSSR count). The maximum Gasteiger partial charge on any atom is 0.376 e. The molecule has 1 aromatic carbocycles. The molecule has 1 aliphatic rings. The van der Waals surface area contributed by atoms with Crippen LogP contribution in [0.5, 0.6) is 0 Å². The summed E-state index contributed by atoms with van der Waals surface area (Å²) in [5.41, 5.74) is -0.736. The average molecular weight is 349 g/mol. The van der Waals surface area contributed by atoms with Crippen molar-refractivity contribution >= 4 is 18.9 Å². The first-order valence-corrected chi connectivity index (χ1v) is 8.02. The number of nitrogens with two attached hydrogens (primary N) is 1. The number of carboxylic acids is 1. The second kappa shape index (κ2) is 6.63. The number of carbonyl (C=O) groups is 1. The van der Waals surface area contributed by atoms with Crippen molar-refractivity contribution in [2.24, 2.45) is 5.90 Å². The molecule has 0 spiro atoms. The van der Waals surface area contributed by atoms with Crippen LogP contribution < -0.4 is 11.2 Å². The molecule has 11 heteroatoms. The standard InChI is InChI=1S/C12H16NO9P/c13-22-23(19,20)11-5(2-1-3-6(11)12(17)18)10-9(16)8(15)7(4-14)21-10/h1-3,7-10,14-16H,4,13H2,(H,17,18)(H,19,20)/t7-,8-,9-,10?/m1/s1. The molecule has 0 bridgehead atoms. The number of carboxylic acid groups (broad SMARTS) is 1. The number of hydrogen-bond donors (Lipinski definition) is 6. The Morgan fingerprint density at radius 1 is 1.35 bits per heavy atom. The summed E-state index contributed by atoms with van der Waals surface area (Å²) in [5.74, 6) is 3.28. The topological polar surface area (TPSA) is 180 Å². The molecule has 1 aliphatic heterocycles. The van der Waals surface area contributed by atoms with Gasteiger partial charge >= 0.3 is 13.6 Å². The van der Waals surface area contributed by atoms with Crippen molar-refractivity contribution in [3.05, 3.63) is 29.3 Å². The van der Waals surface area contributed by atoms with Gasteiger partial charge in [-0.15, -0.1) is 0 Å². The molecule has 23 heavy (non-hydrogen) atoms. The van der Waals surface area contributed by atoms with Crippen LogP contribution in [0, 0.1) is 0 Å². The highest BCUT2D eigenvalue weighted by Crippen LogP contribution is 2.44. The van der Waals surface area contributed by atoms with Crippen LogP contribution in [0.25, 0.3) is 0 Å². The van der Waals surface area contributed by atoms with Crippen LogP contribution in [0.2, 0.25) is 0 Å². The summed E-state index contributed by atoms with van der Waals surface area (Å²) in [7, 11) is -4.72. The number of ether oxygens (including phenoxy) is 1. The van der Waals surface area contributed by atoms with Gasteiger partial charge in [0.1, 0.15) is 24.4 Å². The Morgan fingerprint density at radius 2 is 2.00 bits per heavy atom. The van der Waals surface area contributed by atoms with E-state index < -0.39 is 55.5 Å². The van der Waals surface area contributed by atoms with E-state index in [2.05, 4.69) is 4.62 Å². The van der Waals surface area contributed by atoms with Crippen molar-refractivity contribution < 1.29 is 44.0 Å². The Labute approximate surface area is 130 Å². The largest absolute Gasteiger partial charge is 0.478 e. The molecule has 0 aromatic heterocycles. The first-order valence-electron chi connectivity index (χ1n) is 6.45. The monoisotopic (exact) mass is 349 g/mol. The van der Waals surface area contributed by atoms with Crippen LogP contribution in [0.1, 0.15) is 22.0 Å². The van der Waals surface area contributed by atoms with Gasteiger partial charge in [-0.05, 0) is 11.6 Å². The maximum absolute atomic E-state index is 12.1. The molecule has 2 unspecified atom stereocenters. The Balaban J connectivity index is 2.62. The fourth-order valence-corrected chi connectivity index (χ4v) is 3.60. The molecule has 5 atom stereocenters. The van der Waals surface area contributed by atoms with E-state index in [1.807, 2.05) is 0 Å². The number of aliphatic hydroxyl groups excluding tert-OH is 3. The van der Waals surface area contributed by atoms with Gasteiger partial charge in [0.15, 0.2) is 0 Å². The zero-order valence-corrected chi connectivity index (χ0v) is 12.5. The van der Waals surface area contributed by atoms with Crippen molar-refractivity contribution in [1.29, 1.82) is 0 Å². The van der Waals surface area contributed by atoms with E-state index in [1.54, 1.807) is 0 Å². The molecule has 1 fully saturated rings. The number of aliphatic hydroxyl groups is 3. The van der Waals surface area contributed by atoms with E-state index in [0.717, 1.165) is 6.07 Å². The van der Waals surface area contributed by atoms with Crippen molar-refractivity contribution in [2.75, 3.05) is 6.61 Å². The van der Waals surface area contributed by atoms with Crippen LogP contribution in [-0.4, -0.2) is 56.2 Å². The zero-order chi connectivity index (χ0) is 17.4. The Morgan fingerprint density at radius 3 is 2.48 bits per heavy atom. The minimum Gasteiger partial charge on any atom is -0.478 e. The summed E-state index contributed by atoms with van der Waals surface area (Å²) in [4.78, 5) is 21.1. The summed E-state index contributed by atoms with van der Waals surface area (Å²) in [6.07, 6.45) is -5.48. The lowest BCUT2D eigenvalue weighted by molar-refractivity contribution is -0.0225. The van der Waals surface area contributed by atoms with Gasteiger partial charge in [0.25, 0.3) is 0 Å². The molecule has 7 N–H and O–H groups in total. The quantitative estimate of drug-likeness (QED) is 0.263. The van der Waals surface area contributed by atoms with Gasteiger partial charge in [0.05, 0.1) is 17.5 Å². The van der Waals surface area contributed by atoms with E-state index in [4.69, 9.17) is 15.7 Å². The van der Waals surface area contributed by atoms with E-state index >= 15 is 0 Å². The summed E-state index contributed by atoms with van der Waals surface area (Å²) >= 11 is 0. The normalized spacial score (nSPS) is 30.1. The number of rotatable bonds is 5. The first-order chi connectivity index (χ1) is 10.7. The molecule has 128 valence electrons. The van der Waals surface area contributed by atoms with Crippen LogP contribution >= 0.6 is 7.60 Å². The second-order valence-corrected chi connectivity index (χ2v) is 6.63. The van der Waals surface area contributed by atoms with Crippen molar-refractivity contribution in [1.82, 2.24) is 0 Å². The smallest absolute Gasteiger partial charge is 0.376 e. The van der Waals surface area contributed by atoms with Gasteiger partial charge < -0.3 is 30.1 Å². The third kappa shape index (κ3) is 3.16. The predicted octanol–water partition coefficient (Wildman–Crippen LogP) is -1.76. The summed E-state index contributed by atoms with van der Waals surface area (Å²) in [5, 5.41) is 37.4. The zero-order valence-electron chi connectivity index (χ0n) is 11.6. The summed E-state index contributed by atoms with van der Waals surface area (Å²) in [6.45, 7) is -0.604. The number of aromatic carboxylic acids is 1. The van der Waals surface area contributed by atoms with Crippen LogP contribution in [0.3, 0.4) is 0 Å². The Bertz CT molecular complexity index is 651. The molecule has 0 saturated carbocycles. The third-order valence-electron chi connectivity index (χ3n) is 3.57. The molecular weight excluding hydrogens is 333 g/mol. The van der Waals surface area contributed by atoms with Crippen molar-refractivity contribution in [3.63, 3.8) is 0 Å².